The molecule has 1 heterocycles. The zero-order valence-corrected chi connectivity index (χ0v) is 11.8. The SMILES string of the molecule is COCC(N)C(=O)Nc1cnn(-c2ccccc2F)c1C. The van der Waals surface area contributed by atoms with Crippen molar-refractivity contribution in [3.8, 4) is 5.69 Å². The quantitative estimate of drug-likeness (QED) is 0.868. The number of hydrogen-bond acceptors (Lipinski definition) is 4. The van der Waals surface area contributed by atoms with E-state index in [-0.39, 0.29) is 12.5 Å². The molecule has 0 radical (unpaired) electrons. The minimum atomic E-state index is -0.772. The number of amides is 1. The molecule has 0 aliphatic heterocycles. The van der Waals surface area contributed by atoms with Gasteiger partial charge in [-0.1, -0.05) is 12.1 Å². The molecule has 1 aromatic carbocycles. The third-order valence-electron chi connectivity index (χ3n) is 3.03. The molecule has 0 spiro atoms. The molecule has 0 saturated carbocycles. The molecule has 112 valence electrons. The van der Waals surface area contributed by atoms with Gasteiger partial charge in [0.15, 0.2) is 0 Å². The van der Waals surface area contributed by atoms with Gasteiger partial charge < -0.3 is 15.8 Å². The number of nitrogens with one attached hydrogen (secondary N) is 1. The largest absolute Gasteiger partial charge is 0.383 e. The summed E-state index contributed by atoms with van der Waals surface area (Å²) in [5.41, 5.74) is 7.05. The van der Waals surface area contributed by atoms with Crippen molar-refractivity contribution in [1.82, 2.24) is 9.78 Å². The third kappa shape index (κ3) is 3.26. The lowest BCUT2D eigenvalue weighted by Crippen LogP contribution is -2.39. The zero-order chi connectivity index (χ0) is 15.4. The molecule has 6 nitrogen and oxygen atoms in total. The summed E-state index contributed by atoms with van der Waals surface area (Å²) in [6, 6.07) is 5.50. The van der Waals surface area contributed by atoms with Gasteiger partial charge in [-0.3, -0.25) is 4.79 Å². The number of methoxy groups -OCH3 is 1. The van der Waals surface area contributed by atoms with E-state index in [1.165, 1.54) is 24.1 Å². The molecule has 2 rings (SSSR count). The van der Waals surface area contributed by atoms with Crippen LogP contribution in [0.3, 0.4) is 0 Å². The summed E-state index contributed by atoms with van der Waals surface area (Å²) < 4.78 is 20.0. The Morgan fingerprint density at radius 3 is 2.90 bits per heavy atom. The van der Waals surface area contributed by atoms with E-state index in [1.807, 2.05) is 0 Å². The number of benzene rings is 1. The highest BCUT2D eigenvalue weighted by Gasteiger charge is 2.17. The molecule has 0 fully saturated rings. The van der Waals surface area contributed by atoms with Gasteiger partial charge in [0.2, 0.25) is 5.91 Å². The number of hydrogen-bond donors (Lipinski definition) is 2. The highest BCUT2D eigenvalue weighted by Crippen LogP contribution is 2.20. The van der Waals surface area contributed by atoms with Crippen molar-refractivity contribution in [2.75, 3.05) is 19.0 Å². The Morgan fingerprint density at radius 2 is 2.24 bits per heavy atom. The van der Waals surface area contributed by atoms with Gasteiger partial charge in [-0.15, -0.1) is 0 Å². The van der Waals surface area contributed by atoms with Crippen LogP contribution in [0.5, 0.6) is 0 Å². The Hall–Kier alpha value is -2.25. The monoisotopic (exact) mass is 292 g/mol. The number of rotatable bonds is 5. The highest BCUT2D eigenvalue weighted by atomic mass is 19.1. The maximum Gasteiger partial charge on any atom is 0.243 e. The molecule has 3 N–H and O–H groups in total. The third-order valence-corrected chi connectivity index (χ3v) is 3.03. The van der Waals surface area contributed by atoms with Crippen molar-refractivity contribution >= 4 is 11.6 Å². The molecular weight excluding hydrogens is 275 g/mol. The smallest absolute Gasteiger partial charge is 0.243 e. The summed E-state index contributed by atoms with van der Waals surface area (Å²) in [6.45, 7) is 1.85. The van der Waals surface area contributed by atoms with Gasteiger partial charge in [-0.05, 0) is 19.1 Å². The van der Waals surface area contributed by atoms with Gasteiger partial charge >= 0.3 is 0 Å². The summed E-state index contributed by atoms with van der Waals surface area (Å²) in [6.07, 6.45) is 1.46. The lowest BCUT2D eigenvalue weighted by Gasteiger charge is -2.11. The average Bonchev–Trinajstić information content (AvgIpc) is 2.81. The molecule has 7 heteroatoms. The Kier molecular flexibility index (Phi) is 4.66. The summed E-state index contributed by atoms with van der Waals surface area (Å²) in [4.78, 5) is 11.8. The first-order valence-electron chi connectivity index (χ1n) is 6.39. The molecular formula is C14H17FN4O2. The van der Waals surface area contributed by atoms with E-state index in [0.717, 1.165) is 0 Å². The van der Waals surface area contributed by atoms with Crippen molar-refractivity contribution in [2.45, 2.75) is 13.0 Å². The van der Waals surface area contributed by atoms with Gasteiger partial charge in [-0.25, -0.2) is 9.07 Å². The van der Waals surface area contributed by atoms with Gasteiger partial charge in [0.05, 0.1) is 24.2 Å². The first-order chi connectivity index (χ1) is 10.0. The van der Waals surface area contributed by atoms with E-state index in [9.17, 15) is 9.18 Å². The van der Waals surface area contributed by atoms with Crippen LogP contribution in [0.15, 0.2) is 30.5 Å². The van der Waals surface area contributed by atoms with Crippen LogP contribution >= 0.6 is 0 Å². The zero-order valence-electron chi connectivity index (χ0n) is 11.8. The predicted molar refractivity (Wildman–Crippen MR) is 76.7 cm³/mol. The molecule has 2 aromatic rings. The molecule has 1 amide bonds. The van der Waals surface area contributed by atoms with Crippen LogP contribution in [0.4, 0.5) is 10.1 Å². The maximum absolute atomic E-state index is 13.8. The minimum absolute atomic E-state index is 0.117. The van der Waals surface area contributed by atoms with Crippen LogP contribution < -0.4 is 11.1 Å². The van der Waals surface area contributed by atoms with Crippen LogP contribution in [-0.4, -0.2) is 35.4 Å². The fraction of sp³-hybridized carbons (Fsp3) is 0.286. The van der Waals surface area contributed by atoms with E-state index < -0.39 is 11.9 Å². The Morgan fingerprint density at radius 1 is 1.52 bits per heavy atom. The number of carbonyl (C=O) groups is 1. The average molecular weight is 292 g/mol. The van der Waals surface area contributed by atoms with Crippen molar-refractivity contribution in [3.05, 3.63) is 42.0 Å². The second-order valence-corrected chi connectivity index (χ2v) is 4.56. The summed E-state index contributed by atoms with van der Waals surface area (Å²) in [5, 5.41) is 6.75. The van der Waals surface area contributed by atoms with Gasteiger partial charge in [0.25, 0.3) is 0 Å². The number of para-hydroxylation sites is 1. The molecule has 0 aliphatic carbocycles. The number of nitrogens with two attached hydrogens (primary N) is 1. The molecule has 1 atom stereocenters. The van der Waals surface area contributed by atoms with Crippen LogP contribution in [-0.2, 0) is 9.53 Å². The van der Waals surface area contributed by atoms with Gasteiger partial charge in [0, 0.05) is 7.11 Å². The lowest BCUT2D eigenvalue weighted by atomic mass is 10.2. The summed E-state index contributed by atoms with van der Waals surface area (Å²) in [7, 11) is 1.47. The van der Waals surface area contributed by atoms with E-state index in [4.69, 9.17) is 10.5 Å². The molecule has 1 unspecified atom stereocenters. The van der Waals surface area contributed by atoms with Crippen molar-refractivity contribution in [1.29, 1.82) is 0 Å². The minimum Gasteiger partial charge on any atom is -0.383 e. The Balaban J connectivity index is 2.22. The van der Waals surface area contributed by atoms with Crippen LogP contribution in [0.25, 0.3) is 5.69 Å². The molecule has 0 saturated heterocycles. The summed E-state index contributed by atoms with van der Waals surface area (Å²) >= 11 is 0. The van der Waals surface area contributed by atoms with Crippen LogP contribution in [0, 0.1) is 12.7 Å². The second kappa shape index (κ2) is 6.47. The lowest BCUT2D eigenvalue weighted by molar-refractivity contribution is -0.118. The fourth-order valence-corrected chi connectivity index (χ4v) is 1.88. The standard InChI is InChI=1S/C14H17FN4O2/c1-9-12(18-14(20)11(16)8-21-2)7-17-19(9)13-6-4-3-5-10(13)15/h3-7,11H,8,16H2,1-2H3,(H,18,20). The van der Waals surface area contributed by atoms with Crippen molar-refractivity contribution < 1.29 is 13.9 Å². The normalized spacial score (nSPS) is 12.2. The van der Waals surface area contributed by atoms with Crippen molar-refractivity contribution in [3.63, 3.8) is 0 Å². The van der Waals surface area contributed by atoms with E-state index in [1.54, 1.807) is 25.1 Å². The Labute approximate surface area is 121 Å². The van der Waals surface area contributed by atoms with E-state index in [2.05, 4.69) is 10.4 Å². The van der Waals surface area contributed by atoms with Crippen molar-refractivity contribution in [2.24, 2.45) is 5.73 Å². The predicted octanol–water partition coefficient (Wildman–Crippen LogP) is 1.23. The number of anilines is 1. The highest BCUT2D eigenvalue weighted by molar-refractivity contribution is 5.95. The summed E-state index contributed by atoms with van der Waals surface area (Å²) in [5.74, 6) is -0.773. The number of halogens is 1. The first-order valence-corrected chi connectivity index (χ1v) is 6.39. The Bertz CT molecular complexity index is 642. The molecule has 1 aromatic heterocycles. The molecule has 0 aliphatic rings. The number of nitrogens with zero attached hydrogens (tertiary/aromatic N) is 2. The van der Waals surface area contributed by atoms with Crippen LogP contribution in [0.1, 0.15) is 5.69 Å². The van der Waals surface area contributed by atoms with Gasteiger partial charge in [-0.2, -0.15) is 5.10 Å². The number of aromatic nitrogens is 2. The van der Waals surface area contributed by atoms with E-state index >= 15 is 0 Å². The molecule has 21 heavy (non-hydrogen) atoms. The maximum atomic E-state index is 13.8. The fourth-order valence-electron chi connectivity index (χ4n) is 1.88. The number of carbonyl (C=O) groups excluding carboxylic acids is 1. The van der Waals surface area contributed by atoms with E-state index in [0.29, 0.717) is 17.1 Å². The topological polar surface area (TPSA) is 82.2 Å². The first kappa shape index (κ1) is 15.1. The van der Waals surface area contributed by atoms with Gasteiger partial charge in [0.1, 0.15) is 17.5 Å². The van der Waals surface area contributed by atoms with Crippen LogP contribution in [0.2, 0.25) is 0 Å². The molecule has 0 bridgehead atoms. The number of ether oxygens (including phenoxy) is 1. The second-order valence-electron chi connectivity index (χ2n) is 4.56.